The molecule has 25 heavy (non-hydrogen) atoms. The molecule has 2 aromatic rings. The molecule has 1 aliphatic carbocycles. The molecule has 0 radical (unpaired) electrons. The minimum Gasteiger partial charge on any atom is -0.365 e. The Bertz CT molecular complexity index is 830. The third kappa shape index (κ3) is 3.88. The number of nitrogens with one attached hydrogen (secondary N) is 2. The summed E-state index contributed by atoms with van der Waals surface area (Å²) in [4.78, 5) is 25.3. The highest BCUT2D eigenvalue weighted by atomic mass is 32.1. The van der Waals surface area contributed by atoms with Gasteiger partial charge >= 0.3 is 0 Å². The van der Waals surface area contributed by atoms with E-state index in [1.54, 1.807) is 24.3 Å². The van der Waals surface area contributed by atoms with E-state index < -0.39 is 5.91 Å². The lowest BCUT2D eigenvalue weighted by molar-refractivity contribution is 0.0975. The second kappa shape index (κ2) is 7.33. The summed E-state index contributed by atoms with van der Waals surface area (Å²) in [5, 5.41) is 6.39. The molecule has 4 N–H and O–H groups in total. The summed E-state index contributed by atoms with van der Waals surface area (Å²) in [6, 6.07) is 8.82. The van der Waals surface area contributed by atoms with Crippen LogP contribution in [0.4, 0.5) is 5.00 Å². The Kier molecular flexibility index (Phi) is 5.15. The van der Waals surface area contributed by atoms with Crippen LogP contribution in [0.5, 0.6) is 0 Å². The first-order chi connectivity index (χ1) is 12.0. The highest BCUT2D eigenvalue weighted by Gasteiger charge is 2.27. The minimum atomic E-state index is -0.466. The molecular weight excluding hydrogens is 354 g/mol. The Morgan fingerprint density at radius 1 is 1.28 bits per heavy atom. The molecule has 0 saturated heterocycles. The third-order valence-corrected chi connectivity index (χ3v) is 5.62. The molecule has 0 fully saturated rings. The van der Waals surface area contributed by atoms with Crippen LogP contribution in [0, 0.1) is 5.92 Å². The van der Waals surface area contributed by atoms with E-state index >= 15 is 0 Å². The molecule has 0 spiro atoms. The van der Waals surface area contributed by atoms with Crippen LogP contribution in [0.2, 0.25) is 0 Å². The van der Waals surface area contributed by atoms with Crippen molar-refractivity contribution < 1.29 is 9.59 Å². The van der Waals surface area contributed by atoms with E-state index in [9.17, 15) is 9.59 Å². The van der Waals surface area contributed by atoms with E-state index in [0.29, 0.717) is 22.0 Å². The normalized spacial score (nSPS) is 16.0. The van der Waals surface area contributed by atoms with Crippen LogP contribution in [0.3, 0.4) is 0 Å². The predicted octanol–water partition coefficient (Wildman–Crippen LogP) is 3.10. The molecule has 0 unspecified atom stereocenters. The standard InChI is InChI=1S/C18H19N3O2S2/c1-10-7-8-12-13(9-10)25-17(14(12)15(19)22)21-18(24)20-16(23)11-5-3-2-4-6-11/h2-6,10H,7-9H2,1H3,(H2,19,22)(H2,20,21,23,24)/t10-/m0/s1. The SMILES string of the molecule is C[C@H]1CCc2c(sc(NC(=S)NC(=O)c3ccccc3)c2C(N)=O)C1. The van der Waals surface area contributed by atoms with Gasteiger partial charge in [-0.2, -0.15) is 0 Å². The smallest absolute Gasteiger partial charge is 0.257 e. The van der Waals surface area contributed by atoms with Crippen LogP contribution in [0.15, 0.2) is 30.3 Å². The van der Waals surface area contributed by atoms with Crippen LogP contribution in [-0.2, 0) is 12.8 Å². The van der Waals surface area contributed by atoms with Gasteiger partial charge in [0.2, 0.25) is 0 Å². The van der Waals surface area contributed by atoms with Gasteiger partial charge in [-0.25, -0.2) is 0 Å². The summed E-state index contributed by atoms with van der Waals surface area (Å²) in [7, 11) is 0. The van der Waals surface area contributed by atoms with Gasteiger partial charge < -0.3 is 11.1 Å². The monoisotopic (exact) mass is 373 g/mol. The fraction of sp³-hybridized carbons (Fsp3) is 0.278. The van der Waals surface area contributed by atoms with Crippen molar-refractivity contribution in [3.8, 4) is 0 Å². The Balaban J connectivity index is 1.77. The van der Waals surface area contributed by atoms with Gasteiger partial charge in [0.1, 0.15) is 5.00 Å². The molecule has 0 bridgehead atoms. The molecule has 1 heterocycles. The third-order valence-electron chi connectivity index (χ3n) is 4.25. The van der Waals surface area contributed by atoms with Crippen molar-refractivity contribution in [2.24, 2.45) is 11.7 Å². The van der Waals surface area contributed by atoms with Crippen molar-refractivity contribution in [1.29, 1.82) is 0 Å². The summed E-state index contributed by atoms with van der Waals surface area (Å²) >= 11 is 6.73. The lowest BCUT2D eigenvalue weighted by Gasteiger charge is -2.18. The number of fused-ring (bicyclic) bond motifs is 1. The van der Waals surface area contributed by atoms with E-state index in [4.69, 9.17) is 18.0 Å². The lowest BCUT2D eigenvalue weighted by atomic mass is 9.88. The number of nitrogens with two attached hydrogens (primary N) is 1. The van der Waals surface area contributed by atoms with Gasteiger partial charge in [0.05, 0.1) is 5.56 Å². The van der Waals surface area contributed by atoms with Crippen molar-refractivity contribution in [3.63, 3.8) is 0 Å². The first kappa shape index (κ1) is 17.6. The first-order valence-electron chi connectivity index (χ1n) is 8.07. The van der Waals surface area contributed by atoms with Crippen LogP contribution in [0.1, 0.15) is 44.5 Å². The Hall–Kier alpha value is -2.25. The predicted molar refractivity (Wildman–Crippen MR) is 104 cm³/mol. The largest absolute Gasteiger partial charge is 0.365 e. The number of benzene rings is 1. The number of thiophene rings is 1. The fourth-order valence-electron chi connectivity index (χ4n) is 3.00. The molecule has 3 rings (SSSR count). The molecule has 0 aliphatic heterocycles. The molecule has 1 aliphatic rings. The Labute approximate surface area is 155 Å². The fourth-order valence-corrected chi connectivity index (χ4v) is 4.68. The van der Waals surface area contributed by atoms with E-state index in [1.807, 2.05) is 6.07 Å². The van der Waals surface area contributed by atoms with E-state index in [-0.39, 0.29) is 11.0 Å². The lowest BCUT2D eigenvalue weighted by Crippen LogP contribution is -2.34. The van der Waals surface area contributed by atoms with Crippen molar-refractivity contribution >= 4 is 45.5 Å². The molecule has 5 nitrogen and oxygen atoms in total. The molecule has 0 saturated carbocycles. The average Bonchev–Trinajstić information content (AvgIpc) is 2.92. The topological polar surface area (TPSA) is 84.2 Å². The number of hydrogen-bond donors (Lipinski definition) is 3. The van der Waals surface area contributed by atoms with E-state index in [0.717, 1.165) is 24.8 Å². The van der Waals surface area contributed by atoms with Crippen molar-refractivity contribution in [2.75, 3.05) is 5.32 Å². The summed E-state index contributed by atoms with van der Waals surface area (Å²) in [5.41, 5.74) is 7.62. The summed E-state index contributed by atoms with van der Waals surface area (Å²) in [5.74, 6) is -0.176. The second-order valence-corrected chi connectivity index (χ2v) is 7.71. The van der Waals surface area contributed by atoms with Gasteiger partial charge in [-0.1, -0.05) is 25.1 Å². The van der Waals surface area contributed by atoms with Gasteiger partial charge in [-0.3, -0.25) is 14.9 Å². The van der Waals surface area contributed by atoms with E-state index in [2.05, 4.69) is 17.6 Å². The molecule has 7 heteroatoms. The minimum absolute atomic E-state index is 0.156. The number of thiocarbonyl (C=S) groups is 1. The number of rotatable bonds is 3. The Morgan fingerprint density at radius 2 is 2.00 bits per heavy atom. The molecule has 1 aromatic heterocycles. The maximum Gasteiger partial charge on any atom is 0.257 e. The zero-order chi connectivity index (χ0) is 18.0. The van der Waals surface area contributed by atoms with Crippen molar-refractivity contribution in [3.05, 3.63) is 51.9 Å². The average molecular weight is 374 g/mol. The van der Waals surface area contributed by atoms with Gasteiger partial charge in [0.15, 0.2) is 5.11 Å². The maximum atomic E-state index is 12.2. The number of primary amides is 1. The second-order valence-electron chi connectivity index (χ2n) is 6.19. The summed E-state index contributed by atoms with van der Waals surface area (Å²) in [6.07, 6.45) is 2.82. The highest BCUT2D eigenvalue weighted by Crippen LogP contribution is 2.39. The molecular formula is C18H19N3O2S2. The molecule has 1 atom stereocenters. The number of hydrogen-bond acceptors (Lipinski definition) is 4. The quantitative estimate of drug-likeness (QED) is 0.722. The molecule has 1 aromatic carbocycles. The van der Waals surface area contributed by atoms with E-state index in [1.165, 1.54) is 16.2 Å². The summed E-state index contributed by atoms with van der Waals surface area (Å²) in [6.45, 7) is 2.20. The zero-order valence-corrected chi connectivity index (χ0v) is 15.4. The van der Waals surface area contributed by atoms with Gasteiger partial charge in [0, 0.05) is 10.4 Å². The number of carbonyl (C=O) groups is 2. The molecule has 2 amide bonds. The maximum absolute atomic E-state index is 12.2. The van der Waals surface area contributed by atoms with Gasteiger partial charge in [-0.15, -0.1) is 11.3 Å². The van der Waals surface area contributed by atoms with Crippen LogP contribution >= 0.6 is 23.6 Å². The highest BCUT2D eigenvalue weighted by molar-refractivity contribution is 7.80. The van der Waals surface area contributed by atoms with Crippen molar-refractivity contribution in [1.82, 2.24) is 5.32 Å². The van der Waals surface area contributed by atoms with Crippen LogP contribution in [-0.4, -0.2) is 16.9 Å². The Morgan fingerprint density at radius 3 is 2.68 bits per heavy atom. The first-order valence-corrected chi connectivity index (χ1v) is 9.30. The van der Waals surface area contributed by atoms with Gasteiger partial charge in [0.25, 0.3) is 11.8 Å². The van der Waals surface area contributed by atoms with Crippen molar-refractivity contribution in [2.45, 2.75) is 26.2 Å². The molecule has 130 valence electrons. The summed E-state index contributed by atoms with van der Waals surface area (Å²) < 4.78 is 0. The number of carbonyl (C=O) groups excluding carboxylic acids is 2. The number of amides is 2. The van der Waals surface area contributed by atoms with Gasteiger partial charge in [-0.05, 0) is 55.1 Å². The van der Waals surface area contributed by atoms with Crippen LogP contribution < -0.4 is 16.4 Å². The van der Waals surface area contributed by atoms with Crippen LogP contribution in [0.25, 0.3) is 0 Å². The number of anilines is 1. The zero-order valence-electron chi connectivity index (χ0n) is 13.8.